The van der Waals surface area contributed by atoms with Crippen LogP contribution in [0.4, 0.5) is 4.79 Å². The zero-order valence-electron chi connectivity index (χ0n) is 18.8. The number of esters is 1. The van der Waals surface area contributed by atoms with Gasteiger partial charge in [0.1, 0.15) is 28.8 Å². The zero-order chi connectivity index (χ0) is 23.2. The van der Waals surface area contributed by atoms with Crippen LogP contribution in [0.5, 0.6) is 0 Å². The zero-order valence-corrected chi connectivity index (χ0v) is 19.7. The van der Waals surface area contributed by atoms with Crippen LogP contribution in [0, 0.1) is 0 Å². The molecule has 32 heavy (non-hydrogen) atoms. The molecular weight excluding hydrogens is 421 g/mol. The van der Waals surface area contributed by atoms with Crippen LogP contribution < -0.4 is 21.2 Å². The summed E-state index contributed by atoms with van der Waals surface area (Å²) in [6, 6.07) is 29.5. The quantitative estimate of drug-likeness (QED) is 0.455. The van der Waals surface area contributed by atoms with Gasteiger partial charge in [0.25, 0.3) is 5.78 Å². The monoisotopic (exact) mass is 450 g/mol. The predicted octanol–water partition coefficient (Wildman–Crippen LogP) is 4.00. The lowest BCUT2D eigenvalue weighted by Crippen LogP contribution is -2.52. The molecule has 6 heteroatoms. The Morgan fingerprint density at radius 2 is 1.12 bits per heavy atom. The van der Waals surface area contributed by atoms with Crippen molar-refractivity contribution in [2.45, 2.75) is 32.2 Å². The number of rotatable bonds is 6. The van der Waals surface area contributed by atoms with Gasteiger partial charge in [-0.05, 0) is 57.2 Å². The molecular formula is C26H29NO4P+. The molecule has 0 aliphatic carbocycles. The van der Waals surface area contributed by atoms with E-state index in [0.29, 0.717) is 0 Å². The number of nitrogens with one attached hydrogen (secondary N) is 1. The Morgan fingerprint density at radius 3 is 1.44 bits per heavy atom. The number of ether oxygens (including phenoxy) is 2. The first-order valence-corrected chi connectivity index (χ1v) is 12.3. The van der Waals surface area contributed by atoms with E-state index in [-0.39, 0.29) is 0 Å². The van der Waals surface area contributed by atoms with E-state index >= 15 is 0 Å². The molecule has 1 amide bonds. The maximum atomic E-state index is 13.3. The lowest BCUT2D eigenvalue weighted by atomic mass is 10.2. The first-order valence-electron chi connectivity index (χ1n) is 10.4. The van der Waals surface area contributed by atoms with Crippen molar-refractivity contribution in [2.24, 2.45) is 0 Å². The Bertz CT molecular complexity index is 937. The number of hydrogen-bond donors (Lipinski definition) is 1. The normalized spacial score (nSPS) is 12.5. The van der Waals surface area contributed by atoms with Gasteiger partial charge < -0.3 is 9.47 Å². The van der Waals surface area contributed by atoms with E-state index < -0.39 is 30.7 Å². The largest absolute Gasteiger partial charge is 0.465 e. The SMILES string of the molecule is COC(=O)C(NC(=O)OC(C)(C)C)[P+](c1ccccc1)(c1ccccc1)c1ccccc1. The van der Waals surface area contributed by atoms with Crippen molar-refractivity contribution in [3.8, 4) is 0 Å². The number of carbonyl (C=O) groups is 2. The first kappa shape index (κ1) is 23.5. The third kappa shape index (κ3) is 5.00. The summed E-state index contributed by atoms with van der Waals surface area (Å²) < 4.78 is 10.8. The minimum absolute atomic E-state index is 0.527. The lowest BCUT2D eigenvalue weighted by molar-refractivity contribution is -0.140. The molecule has 0 saturated heterocycles. The molecule has 1 N–H and O–H groups in total. The second-order valence-electron chi connectivity index (χ2n) is 8.30. The van der Waals surface area contributed by atoms with E-state index in [1.165, 1.54) is 7.11 Å². The average Bonchev–Trinajstić information content (AvgIpc) is 2.79. The molecule has 0 heterocycles. The molecule has 0 radical (unpaired) electrons. The van der Waals surface area contributed by atoms with Gasteiger partial charge in [0.05, 0.1) is 7.11 Å². The van der Waals surface area contributed by atoms with Crippen molar-refractivity contribution in [3.63, 3.8) is 0 Å². The summed E-state index contributed by atoms with van der Waals surface area (Å²) >= 11 is 0. The Hall–Kier alpha value is -3.17. The molecule has 166 valence electrons. The van der Waals surface area contributed by atoms with Gasteiger partial charge in [-0.1, -0.05) is 54.6 Å². The van der Waals surface area contributed by atoms with Crippen molar-refractivity contribution < 1.29 is 19.1 Å². The summed E-state index contributed by atoms with van der Waals surface area (Å²) in [5.41, 5.74) is -0.710. The second kappa shape index (κ2) is 9.97. The van der Waals surface area contributed by atoms with Crippen LogP contribution in [0.25, 0.3) is 0 Å². The number of hydrogen-bond acceptors (Lipinski definition) is 4. The smallest absolute Gasteiger partial charge is 0.411 e. The minimum Gasteiger partial charge on any atom is -0.465 e. The lowest BCUT2D eigenvalue weighted by Gasteiger charge is -2.33. The van der Waals surface area contributed by atoms with E-state index in [9.17, 15) is 9.59 Å². The Morgan fingerprint density at radius 1 is 0.750 bits per heavy atom. The average molecular weight is 450 g/mol. The molecule has 1 atom stereocenters. The van der Waals surface area contributed by atoms with Gasteiger partial charge in [-0.3, -0.25) is 5.32 Å². The second-order valence-corrected chi connectivity index (χ2v) is 11.8. The van der Waals surface area contributed by atoms with Gasteiger partial charge in [-0.2, -0.15) is 0 Å². The predicted molar refractivity (Wildman–Crippen MR) is 130 cm³/mol. The first-order chi connectivity index (χ1) is 15.3. The van der Waals surface area contributed by atoms with E-state index in [2.05, 4.69) is 5.32 Å². The Kier molecular flexibility index (Phi) is 7.32. The van der Waals surface area contributed by atoms with Crippen LogP contribution in [-0.2, 0) is 14.3 Å². The van der Waals surface area contributed by atoms with Crippen LogP contribution in [-0.4, -0.2) is 30.6 Å². The van der Waals surface area contributed by atoms with Gasteiger partial charge in [-0.25, -0.2) is 9.59 Å². The summed E-state index contributed by atoms with van der Waals surface area (Å²) in [7, 11) is -1.41. The van der Waals surface area contributed by atoms with Crippen molar-refractivity contribution in [1.29, 1.82) is 0 Å². The molecule has 0 spiro atoms. The van der Waals surface area contributed by atoms with E-state index in [1.54, 1.807) is 20.8 Å². The highest BCUT2D eigenvalue weighted by Gasteiger charge is 2.57. The molecule has 0 aliphatic rings. The highest BCUT2D eigenvalue weighted by Crippen LogP contribution is 2.59. The topological polar surface area (TPSA) is 64.6 Å². The number of benzene rings is 3. The molecule has 3 rings (SSSR count). The molecule has 3 aromatic carbocycles. The van der Waals surface area contributed by atoms with E-state index in [0.717, 1.165) is 15.9 Å². The molecule has 1 unspecified atom stereocenters. The molecule has 0 saturated carbocycles. The minimum atomic E-state index is -2.74. The number of methoxy groups -OCH3 is 1. The van der Waals surface area contributed by atoms with Gasteiger partial charge in [0.15, 0.2) is 0 Å². The maximum Gasteiger partial charge on any atom is 0.411 e. The van der Waals surface area contributed by atoms with Crippen molar-refractivity contribution in [3.05, 3.63) is 91.0 Å². The van der Waals surface area contributed by atoms with E-state index in [4.69, 9.17) is 9.47 Å². The Labute approximate surface area is 190 Å². The van der Waals surface area contributed by atoms with Crippen LogP contribution >= 0.6 is 7.26 Å². The van der Waals surface area contributed by atoms with Gasteiger partial charge in [0, 0.05) is 0 Å². The van der Waals surface area contributed by atoms with Crippen LogP contribution in [0.15, 0.2) is 91.0 Å². The fourth-order valence-corrected chi connectivity index (χ4v) is 8.17. The van der Waals surface area contributed by atoms with Gasteiger partial charge in [-0.15, -0.1) is 0 Å². The number of alkyl carbamates (subject to hydrolysis) is 1. The molecule has 5 nitrogen and oxygen atoms in total. The molecule has 0 aromatic heterocycles. The third-order valence-corrected chi connectivity index (χ3v) is 9.41. The summed E-state index contributed by atoms with van der Waals surface area (Å²) in [6.45, 7) is 5.36. The molecule has 0 fully saturated rings. The van der Waals surface area contributed by atoms with Crippen LogP contribution in [0.1, 0.15) is 20.8 Å². The number of amides is 1. The molecule has 3 aromatic rings. The van der Waals surface area contributed by atoms with Gasteiger partial charge >= 0.3 is 12.1 Å². The van der Waals surface area contributed by atoms with Gasteiger partial charge in [0.2, 0.25) is 0 Å². The summed E-state index contributed by atoms with van der Waals surface area (Å²) in [6.07, 6.45) is -0.667. The standard InChI is InChI=1S/C26H28NO4P/c1-26(2,3)31-25(29)27-23(24(28)30-4)32(20-14-8-5-9-15-20,21-16-10-6-11-17-21)22-18-12-7-13-19-22/h5-19,23H,1-4H3/p+1. The Balaban J connectivity index is 2.32. The summed E-state index contributed by atoms with van der Waals surface area (Å²) in [5, 5.41) is 5.72. The highest BCUT2D eigenvalue weighted by molar-refractivity contribution is 7.96. The summed E-state index contributed by atoms with van der Waals surface area (Å²) in [5.74, 6) is -1.50. The highest BCUT2D eigenvalue weighted by atomic mass is 31.2. The van der Waals surface area contributed by atoms with Crippen LogP contribution in [0.3, 0.4) is 0 Å². The van der Waals surface area contributed by atoms with Crippen LogP contribution in [0.2, 0.25) is 0 Å². The van der Waals surface area contributed by atoms with Crippen molar-refractivity contribution in [2.75, 3.05) is 7.11 Å². The number of carbonyl (C=O) groups excluding carboxylic acids is 2. The fraction of sp³-hybridized carbons (Fsp3) is 0.231. The van der Waals surface area contributed by atoms with Crippen molar-refractivity contribution in [1.82, 2.24) is 5.32 Å². The fourth-order valence-electron chi connectivity index (χ4n) is 3.73. The summed E-state index contributed by atoms with van der Waals surface area (Å²) in [4.78, 5) is 26.2. The van der Waals surface area contributed by atoms with E-state index in [1.807, 2.05) is 91.0 Å². The molecule has 0 aliphatic heterocycles. The molecule has 0 bridgehead atoms. The maximum absolute atomic E-state index is 13.3. The third-order valence-electron chi connectivity index (χ3n) is 4.96. The van der Waals surface area contributed by atoms with Crippen molar-refractivity contribution >= 4 is 35.2 Å².